The van der Waals surface area contributed by atoms with Crippen LogP contribution in [0.1, 0.15) is 64.7 Å². The second-order valence-corrected chi connectivity index (χ2v) is 3.87. The largest absolute Gasteiger partial charge is 0.437 e. The predicted octanol–water partition coefficient (Wildman–Crippen LogP) is 4.20. The molecule has 0 aliphatic rings. The number of allylic oxidation sites excluding steroid dienone is 1. The van der Waals surface area contributed by atoms with E-state index < -0.39 is 0 Å². The SMILES string of the molecule is CCCCCCCCCCC=COC=O. The first kappa shape index (κ1) is 14.2. The van der Waals surface area contributed by atoms with Gasteiger partial charge in [0, 0.05) is 0 Å². The van der Waals surface area contributed by atoms with Crippen LogP contribution in [0.2, 0.25) is 0 Å². The normalized spacial score (nSPS) is 10.7. The molecule has 0 aromatic rings. The quantitative estimate of drug-likeness (QED) is 0.291. The van der Waals surface area contributed by atoms with Crippen molar-refractivity contribution in [2.24, 2.45) is 0 Å². The van der Waals surface area contributed by atoms with E-state index in [0.717, 1.165) is 6.42 Å². The molecule has 0 saturated heterocycles. The molecule has 88 valence electrons. The van der Waals surface area contributed by atoms with E-state index in [4.69, 9.17) is 0 Å². The smallest absolute Gasteiger partial charge is 0.297 e. The van der Waals surface area contributed by atoms with Crippen LogP contribution in [-0.4, -0.2) is 6.47 Å². The van der Waals surface area contributed by atoms with Crippen LogP contribution in [0.4, 0.5) is 0 Å². The molecule has 0 unspecified atom stereocenters. The Morgan fingerprint density at radius 2 is 1.53 bits per heavy atom. The van der Waals surface area contributed by atoms with Gasteiger partial charge in [0.1, 0.15) is 0 Å². The third kappa shape index (κ3) is 13.2. The molecule has 15 heavy (non-hydrogen) atoms. The summed E-state index contributed by atoms with van der Waals surface area (Å²) in [5.74, 6) is 0. The van der Waals surface area contributed by atoms with E-state index in [1.54, 1.807) is 0 Å². The van der Waals surface area contributed by atoms with Crippen LogP contribution in [0.3, 0.4) is 0 Å². The van der Waals surface area contributed by atoms with Crippen molar-refractivity contribution in [1.82, 2.24) is 0 Å². The van der Waals surface area contributed by atoms with Crippen LogP contribution in [0, 0.1) is 0 Å². The standard InChI is InChI=1S/C13H24O2/c1-2-3-4-5-6-7-8-9-10-11-12-15-13-14/h11-13H,2-10H2,1H3. The van der Waals surface area contributed by atoms with E-state index in [2.05, 4.69) is 11.7 Å². The highest BCUT2D eigenvalue weighted by Crippen LogP contribution is 2.09. The van der Waals surface area contributed by atoms with Crippen molar-refractivity contribution < 1.29 is 9.53 Å². The Morgan fingerprint density at radius 1 is 0.933 bits per heavy atom. The summed E-state index contributed by atoms with van der Waals surface area (Å²) in [6.07, 6.45) is 15.1. The predicted molar refractivity (Wildman–Crippen MR) is 63.5 cm³/mol. The summed E-state index contributed by atoms with van der Waals surface area (Å²) in [6.45, 7) is 2.69. The van der Waals surface area contributed by atoms with Gasteiger partial charge >= 0.3 is 0 Å². The molecule has 0 saturated carbocycles. The summed E-state index contributed by atoms with van der Waals surface area (Å²) in [5.41, 5.74) is 0. The molecule has 2 heteroatoms. The lowest BCUT2D eigenvalue weighted by atomic mass is 10.1. The maximum absolute atomic E-state index is 9.79. The van der Waals surface area contributed by atoms with Crippen LogP contribution in [0.25, 0.3) is 0 Å². The molecule has 0 fully saturated rings. The fourth-order valence-electron chi connectivity index (χ4n) is 1.55. The average molecular weight is 212 g/mol. The Kier molecular flexibility index (Phi) is 12.5. The molecular formula is C13H24O2. The van der Waals surface area contributed by atoms with Crippen molar-refractivity contribution in [1.29, 1.82) is 0 Å². The minimum Gasteiger partial charge on any atom is -0.437 e. The highest BCUT2D eigenvalue weighted by molar-refractivity contribution is 5.38. The molecule has 0 aromatic heterocycles. The molecule has 0 aliphatic carbocycles. The Balaban J connectivity index is 2.95. The number of hydrogen-bond acceptors (Lipinski definition) is 2. The van der Waals surface area contributed by atoms with E-state index in [1.165, 1.54) is 57.6 Å². The van der Waals surface area contributed by atoms with E-state index >= 15 is 0 Å². The van der Waals surface area contributed by atoms with Crippen molar-refractivity contribution >= 4 is 6.47 Å². The highest BCUT2D eigenvalue weighted by atomic mass is 16.5. The van der Waals surface area contributed by atoms with Crippen LogP contribution < -0.4 is 0 Å². The van der Waals surface area contributed by atoms with Gasteiger partial charge in [0.2, 0.25) is 0 Å². The molecule has 0 spiro atoms. The van der Waals surface area contributed by atoms with E-state index in [-0.39, 0.29) is 0 Å². The maximum atomic E-state index is 9.79. The first-order valence-corrected chi connectivity index (χ1v) is 6.16. The Morgan fingerprint density at radius 3 is 2.13 bits per heavy atom. The number of hydrogen-bond donors (Lipinski definition) is 0. The molecule has 0 rings (SSSR count). The first-order valence-electron chi connectivity index (χ1n) is 6.16. The van der Waals surface area contributed by atoms with Gasteiger partial charge in [-0.3, -0.25) is 4.79 Å². The van der Waals surface area contributed by atoms with E-state index in [9.17, 15) is 4.79 Å². The lowest BCUT2D eigenvalue weighted by Crippen LogP contribution is -1.80. The third-order valence-electron chi connectivity index (χ3n) is 2.45. The average Bonchev–Trinajstić information content (AvgIpc) is 2.26. The third-order valence-corrected chi connectivity index (χ3v) is 2.45. The van der Waals surface area contributed by atoms with Gasteiger partial charge in [-0.15, -0.1) is 0 Å². The summed E-state index contributed by atoms with van der Waals surface area (Å²) >= 11 is 0. The van der Waals surface area contributed by atoms with E-state index in [0.29, 0.717) is 6.47 Å². The van der Waals surface area contributed by atoms with Crippen molar-refractivity contribution in [3.05, 3.63) is 12.3 Å². The van der Waals surface area contributed by atoms with Crippen LogP contribution in [-0.2, 0) is 9.53 Å². The number of ether oxygens (including phenoxy) is 1. The molecule has 0 aromatic carbocycles. The van der Waals surface area contributed by atoms with Gasteiger partial charge in [-0.05, 0) is 18.9 Å². The van der Waals surface area contributed by atoms with Gasteiger partial charge in [-0.2, -0.15) is 0 Å². The minimum absolute atomic E-state index is 0.449. The summed E-state index contributed by atoms with van der Waals surface area (Å²) < 4.78 is 4.44. The van der Waals surface area contributed by atoms with Crippen molar-refractivity contribution in [2.75, 3.05) is 0 Å². The number of rotatable bonds is 11. The van der Waals surface area contributed by atoms with Gasteiger partial charge < -0.3 is 4.74 Å². The maximum Gasteiger partial charge on any atom is 0.297 e. The molecule has 0 bridgehead atoms. The first-order chi connectivity index (χ1) is 7.41. The molecular weight excluding hydrogens is 188 g/mol. The highest BCUT2D eigenvalue weighted by Gasteiger charge is 1.90. The summed E-state index contributed by atoms with van der Waals surface area (Å²) in [7, 11) is 0. The molecule has 2 nitrogen and oxygen atoms in total. The molecule has 0 aliphatic heterocycles. The Bertz CT molecular complexity index is 153. The van der Waals surface area contributed by atoms with Gasteiger partial charge in [0.15, 0.2) is 0 Å². The summed E-state index contributed by atoms with van der Waals surface area (Å²) in [4.78, 5) is 9.79. The zero-order chi connectivity index (χ0) is 11.2. The fraction of sp³-hybridized carbons (Fsp3) is 0.769. The molecule has 0 N–H and O–H groups in total. The molecule has 0 amide bonds. The Hall–Kier alpha value is -0.790. The number of carbonyl (C=O) groups excluding carboxylic acids is 1. The van der Waals surface area contributed by atoms with Crippen molar-refractivity contribution in [2.45, 2.75) is 64.7 Å². The van der Waals surface area contributed by atoms with Gasteiger partial charge in [-0.25, -0.2) is 0 Å². The lowest BCUT2D eigenvalue weighted by Gasteiger charge is -1.99. The molecule has 0 radical (unpaired) electrons. The van der Waals surface area contributed by atoms with E-state index in [1.807, 2.05) is 6.08 Å². The number of carbonyl (C=O) groups is 1. The minimum atomic E-state index is 0.449. The van der Waals surface area contributed by atoms with Crippen molar-refractivity contribution in [3.63, 3.8) is 0 Å². The Labute approximate surface area is 93.7 Å². The zero-order valence-electron chi connectivity index (χ0n) is 9.91. The fourth-order valence-corrected chi connectivity index (χ4v) is 1.55. The second kappa shape index (κ2) is 13.2. The summed E-state index contributed by atoms with van der Waals surface area (Å²) in [6, 6.07) is 0. The van der Waals surface area contributed by atoms with Crippen LogP contribution in [0.15, 0.2) is 12.3 Å². The van der Waals surface area contributed by atoms with Crippen LogP contribution >= 0.6 is 0 Å². The number of unbranched alkanes of at least 4 members (excludes halogenated alkanes) is 8. The zero-order valence-corrected chi connectivity index (χ0v) is 9.91. The summed E-state index contributed by atoms with van der Waals surface area (Å²) in [5, 5.41) is 0. The van der Waals surface area contributed by atoms with Gasteiger partial charge in [0.25, 0.3) is 6.47 Å². The van der Waals surface area contributed by atoms with Crippen molar-refractivity contribution in [3.8, 4) is 0 Å². The lowest BCUT2D eigenvalue weighted by molar-refractivity contribution is -0.123. The topological polar surface area (TPSA) is 26.3 Å². The monoisotopic (exact) mass is 212 g/mol. The van der Waals surface area contributed by atoms with Crippen LogP contribution in [0.5, 0.6) is 0 Å². The van der Waals surface area contributed by atoms with Gasteiger partial charge in [0.05, 0.1) is 6.26 Å². The molecule has 0 heterocycles. The second-order valence-electron chi connectivity index (χ2n) is 3.87. The van der Waals surface area contributed by atoms with Gasteiger partial charge in [-0.1, -0.05) is 51.9 Å². The molecule has 0 atom stereocenters.